The molecule has 1 N–H and O–H groups in total. The van der Waals surface area contributed by atoms with E-state index in [1.54, 1.807) is 7.11 Å². The Hall–Kier alpha value is -2.54. The van der Waals surface area contributed by atoms with Gasteiger partial charge in [0.15, 0.2) is 5.16 Å². The number of benzene rings is 1. The Morgan fingerprint density at radius 1 is 1.24 bits per heavy atom. The van der Waals surface area contributed by atoms with Gasteiger partial charge in [0.2, 0.25) is 5.89 Å². The second-order valence-electron chi connectivity index (χ2n) is 5.43. The summed E-state index contributed by atoms with van der Waals surface area (Å²) < 4.78 is 10.9. The molecular formula is C18H19N3O3S. The molecule has 6 nitrogen and oxygen atoms in total. The molecule has 0 bridgehead atoms. The van der Waals surface area contributed by atoms with Gasteiger partial charge in [-0.3, -0.25) is 4.79 Å². The van der Waals surface area contributed by atoms with Crippen LogP contribution >= 0.6 is 11.8 Å². The van der Waals surface area contributed by atoms with E-state index in [2.05, 4.69) is 15.0 Å². The standard InChI is InChI=1S/C18H19N3O3S/c1-4-13-9-16(22)21-18(19-13)25-10-15-11(2)24-17(20-15)12-5-7-14(23-3)8-6-12/h5-9H,4,10H2,1-3H3,(H,19,21,22). The van der Waals surface area contributed by atoms with Crippen LogP contribution in [0.1, 0.15) is 24.1 Å². The maximum atomic E-state index is 11.6. The molecule has 130 valence electrons. The summed E-state index contributed by atoms with van der Waals surface area (Å²) in [4.78, 5) is 23.4. The zero-order valence-electron chi connectivity index (χ0n) is 14.3. The van der Waals surface area contributed by atoms with E-state index in [4.69, 9.17) is 9.15 Å². The zero-order valence-corrected chi connectivity index (χ0v) is 15.1. The summed E-state index contributed by atoms with van der Waals surface area (Å²) in [5, 5.41) is 0.595. The molecule has 1 aromatic carbocycles. The largest absolute Gasteiger partial charge is 0.497 e. The molecule has 0 unspecified atom stereocenters. The van der Waals surface area contributed by atoms with Crippen molar-refractivity contribution in [1.82, 2.24) is 15.0 Å². The Kier molecular flexibility index (Phi) is 5.23. The molecule has 0 atom stereocenters. The Labute approximate surface area is 149 Å². The molecule has 3 rings (SSSR count). The van der Waals surface area contributed by atoms with Crippen LogP contribution in [0.5, 0.6) is 5.75 Å². The van der Waals surface area contributed by atoms with Gasteiger partial charge in [-0.1, -0.05) is 18.7 Å². The molecule has 0 saturated heterocycles. The highest BCUT2D eigenvalue weighted by molar-refractivity contribution is 7.98. The van der Waals surface area contributed by atoms with Crippen LogP contribution in [0.25, 0.3) is 11.5 Å². The van der Waals surface area contributed by atoms with Gasteiger partial charge in [0.05, 0.1) is 12.8 Å². The second-order valence-corrected chi connectivity index (χ2v) is 6.40. The molecule has 0 saturated carbocycles. The summed E-state index contributed by atoms with van der Waals surface area (Å²) in [7, 11) is 1.63. The third-order valence-corrected chi connectivity index (χ3v) is 4.60. The van der Waals surface area contributed by atoms with E-state index in [9.17, 15) is 4.79 Å². The molecule has 0 amide bonds. The second kappa shape index (κ2) is 7.57. The van der Waals surface area contributed by atoms with Crippen molar-refractivity contribution in [2.45, 2.75) is 31.2 Å². The minimum absolute atomic E-state index is 0.134. The van der Waals surface area contributed by atoms with Crippen LogP contribution in [0.4, 0.5) is 0 Å². The average Bonchev–Trinajstić information content (AvgIpc) is 3.00. The van der Waals surface area contributed by atoms with E-state index in [0.29, 0.717) is 16.8 Å². The van der Waals surface area contributed by atoms with Gasteiger partial charge in [-0.25, -0.2) is 9.97 Å². The third-order valence-electron chi connectivity index (χ3n) is 3.71. The first-order valence-electron chi connectivity index (χ1n) is 7.92. The Morgan fingerprint density at radius 2 is 2.00 bits per heavy atom. The predicted octanol–water partition coefficient (Wildman–Crippen LogP) is 3.60. The minimum atomic E-state index is -0.134. The highest BCUT2D eigenvalue weighted by atomic mass is 32.2. The van der Waals surface area contributed by atoms with Crippen molar-refractivity contribution in [2.75, 3.05) is 7.11 Å². The van der Waals surface area contributed by atoms with E-state index in [0.717, 1.165) is 34.9 Å². The van der Waals surface area contributed by atoms with Crippen LogP contribution in [0.15, 0.2) is 44.7 Å². The molecule has 0 fully saturated rings. The topological polar surface area (TPSA) is 81.0 Å². The van der Waals surface area contributed by atoms with E-state index in [-0.39, 0.29) is 5.56 Å². The van der Waals surface area contributed by atoms with E-state index < -0.39 is 0 Å². The molecule has 3 aromatic rings. The number of rotatable bonds is 6. The average molecular weight is 357 g/mol. The first-order valence-corrected chi connectivity index (χ1v) is 8.91. The fourth-order valence-corrected chi connectivity index (χ4v) is 3.18. The molecule has 0 radical (unpaired) electrons. The number of aryl methyl sites for hydroxylation is 2. The number of aromatic nitrogens is 3. The fourth-order valence-electron chi connectivity index (χ4n) is 2.29. The number of hydrogen-bond acceptors (Lipinski definition) is 6. The van der Waals surface area contributed by atoms with Crippen molar-refractivity contribution in [3.8, 4) is 17.2 Å². The normalized spacial score (nSPS) is 10.8. The summed E-state index contributed by atoms with van der Waals surface area (Å²) >= 11 is 1.44. The highest BCUT2D eigenvalue weighted by Crippen LogP contribution is 2.27. The van der Waals surface area contributed by atoms with Gasteiger partial charge in [0, 0.05) is 23.1 Å². The maximum absolute atomic E-state index is 11.6. The summed E-state index contributed by atoms with van der Waals surface area (Å²) in [5.41, 5.74) is 2.37. The first-order chi connectivity index (χ1) is 12.1. The Morgan fingerprint density at radius 3 is 2.68 bits per heavy atom. The molecule has 2 aromatic heterocycles. The van der Waals surface area contributed by atoms with Gasteiger partial charge < -0.3 is 14.1 Å². The number of nitrogens with one attached hydrogen (secondary N) is 1. The quantitative estimate of drug-likeness (QED) is 0.536. The molecule has 7 heteroatoms. The third kappa shape index (κ3) is 4.11. The van der Waals surface area contributed by atoms with Crippen molar-refractivity contribution >= 4 is 11.8 Å². The molecule has 0 aliphatic heterocycles. The zero-order chi connectivity index (χ0) is 17.8. The predicted molar refractivity (Wildman–Crippen MR) is 97.0 cm³/mol. The highest BCUT2D eigenvalue weighted by Gasteiger charge is 2.13. The van der Waals surface area contributed by atoms with Crippen LogP contribution in [-0.2, 0) is 12.2 Å². The lowest BCUT2D eigenvalue weighted by atomic mass is 10.2. The molecule has 0 spiro atoms. The summed E-state index contributed by atoms with van der Waals surface area (Å²) in [5.74, 6) is 2.68. The van der Waals surface area contributed by atoms with Gasteiger partial charge in [-0.05, 0) is 37.6 Å². The van der Waals surface area contributed by atoms with Crippen LogP contribution in [0.2, 0.25) is 0 Å². The van der Waals surface area contributed by atoms with E-state index in [1.807, 2.05) is 38.1 Å². The Bertz CT molecular complexity index is 916. The van der Waals surface area contributed by atoms with Crippen molar-refractivity contribution in [3.05, 3.63) is 57.8 Å². The van der Waals surface area contributed by atoms with Crippen molar-refractivity contribution in [2.24, 2.45) is 0 Å². The van der Waals surface area contributed by atoms with Gasteiger partial charge in [-0.15, -0.1) is 0 Å². The monoisotopic (exact) mass is 357 g/mol. The minimum Gasteiger partial charge on any atom is -0.497 e. The molecular weight excluding hydrogens is 338 g/mol. The number of hydrogen-bond donors (Lipinski definition) is 1. The smallest absolute Gasteiger partial charge is 0.251 e. The molecule has 0 aliphatic rings. The lowest BCUT2D eigenvalue weighted by molar-refractivity contribution is 0.415. The van der Waals surface area contributed by atoms with E-state index in [1.165, 1.54) is 17.8 Å². The maximum Gasteiger partial charge on any atom is 0.251 e. The number of thioether (sulfide) groups is 1. The SMILES string of the molecule is CCc1cc(=O)[nH]c(SCc2nc(-c3ccc(OC)cc3)oc2C)n1. The van der Waals surface area contributed by atoms with Gasteiger partial charge in [0.1, 0.15) is 11.5 Å². The lowest BCUT2D eigenvalue weighted by Gasteiger charge is -2.01. The van der Waals surface area contributed by atoms with Crippen molar-refractivity contribution in [1.29, 1.82) is 0 Å². The summed E-state index contributed by atoms with van der Waals surface area (Å²) in [6.07, 6.45) is 0.724. The van der Waals surface area contributed by atoms with Crippen LogP contribution in [-0.4, -0.2) is 22.1 Å². The van der Waals surface area contributed by atoms with Crippen LogP contribution in [0, 0.1) is 6.92 Å². The molecule has 25 heavy (non-hydrogen) atoms. The Balaban J connectivity index is 1.76. The first kappa shape index (κ1) is 17.3. The van der Waals surface area contributed by atoms with Crippen molar-refractivity contribution in [3.63, 3.8) is 0 Å². The number of aromatic amines is 1. The van der Waals surface area contributed by atoms with Crippen LogP contribution in [0.3, 0.4) is 0 Å². The number of oxazole rings is 1. The molecule has 0 aliphatic carbocycles. The number of methoxy groups -OCH3 is 1. The molecule has 2 heterocycles. The van der Waals surface area contributed by atoms with Gasteiger partial charge in [0.25, 0.3) is 5.56 Å². The van der Waals surface area contributed by atoms with Crippen LogP contribution < -0.4 is 10.3 Å². The van der Waals surface area contributed by atoms with Gasteiger partial charge >= 0.3 is 0 Å². The van der Waals surface area contributed by atoms with Gasteiger partial charge in [-0.2, -0.15) is 0 Å². The number of H-pyrrole nitrogens is 1. The number of ether oxygens (including phenoxy) is 1. The lowest BCUT2D eigenvalue weighted by Crippen LogP contribution is -2.09. The van der Waals surface area contributed by atoms with E-state index >= 15 is 0 Å². The fraction of sp³-hybridized carbons (Fsp3) is 0.278. The summed E-state index contributed by atoms with van der Waals surface area (Å²) in [6, 6.07) is 9.07. The van der Waals surface area contributed by atoms with Crippen molar-refractivity contribution < 1.29 is 9.15 Å². The number of nitrogens with zero attached hydrogens (tertiary/aromatic N) is 2. The summed E-state index contributed by atoms with van der Waals surface area (Å²) in [6.45, 7) is 3.85.